The Morgan fingerprint density at radius 1 is 1.37 bits per heavy atom. The molecule has 1 aromatic rings. The van der Waals surface area contributed by atoms with Crippen molar-refractivity contribution in [1.82, 2.24) is 5.32 Å². The van der Waals surface area contributed by atoms with Crippen molar-refractivity contribution in [2.75, 3.05) is 11.2 Å². The highest BCUT2D eigenvalue weighted by Crippen LogP contribution is 2.27. The molecule has 1 aromatic carbocycles. The molecule has 0 heterocycles. The van der Waals surface area contributed by atoms with E-state index in [2.05, 4.69) is 16.7 Å². The number of urea groups is 1. The fourth-order valence-electron chi connectivity index (χ4n) is 2.49. The summed E-state index contributed by atoms with van der Waals surface area (Å²) in [5.74, 6) is 0.441. The lowest BCUT2D eigenvalue weighted by molar-refractivity contribution is 0.249. The molecule has 2 amide bonds. The molecule has 0 aromatic heterocycles. The minimum Gasteiger partial charge on any atom is -0.334 e. The molecule has 0 fully saturated rings. The Kier molecular flexibility index (Phi) is 5.08. The summed E-state index contributed by atoms with van der Waals surface area (Å²) >= 11 is 5.79. The molecule has 104 valence electrons. The molecule has 0 bridgehead atoms. The molecule has 0 unspecified atom stereocenters. The number of amides is 2. The Bertz CT molecular complexity index is 444. The molecule has 4 heteroatoms. The van der Waals surface area contributed by atoms with Gasteiger partial charge in [-0.3, -0.25) is 0 Å². The smallest absolute Gasteiger partial charge is 0.319 e. The van der Waals surface area contributed by atoms with Crippen molar-refractivity contribution >= 4 is 23.3 Å². The summed E-state index contributed by atoms with van der Waals surface area (Å²) in [6.45, 7) is 2.01. The number of hydrogen-bond acceptors (Lipinski definition) is 1. The summed E-state index contributed by atoms with van der Waals surface area (Å²) < 4.78 is 0. The van der Waals surface area contributed by atoms with Gasteiger partial charge >= 0.3 is 6.03 Å². The number of alkyl halides is 1. The first-order chi connectivity index (χ1) is 9.24. The Morgan fingerprint density at radius 2 is 2.16 bits per heavy atom. The van der Waals surface area contributed by atoms with E-state index in [4.69, 9.17) is 11.6 Å². The summed E-state index contributed by atoms with van der Waals surface area (Å²) in [5, 5.41) is 5.85. The van der Waals surface area contributed by atoms with Crippen molar-refractivity contribution in [1.29, 1.82) is 0 Å². The first-order valence-corrected chi connectivity index (χ1v) is 7.52. The van der Waals surface area contributed by atoms with E-state index in [-0.39, 0.29) is 12.1 Å². The molecule has 2 rings (SSSR count). The molecular weight excluding hydrogens is 260 g/mol. The molecule has 1 atom stereocenters. The van der Waals surface area contributed by atoms with Crippen LogP contribution < -0.4 is 10.6 Å². The number of hydrogen-bond donors (Lipinski definition) is 2. The summed E-state index contributed by atoms with van der Waals surface area (Å²) in [6.07, 6.45) is 5.45. The maximum Gasteiger partial charge on any atom is 0.319 e. The lowest BCUT2D eigenvalue weighted by Gasteiger charge is -2.21. The van der Waals surface area contributed by atoms with Crippen LogP contribution >= 0.6 is 11.6 Å². The lowest BCUT2D eigenvalue weighted by atomic mass is 9.90. The second kappa shape index (κ2) is 6.80. The molecule has 0 spiro atoms. The zero-order valence-corrected chi connectivity index (χ0v) is 12.1. The third kappa shape index (κ3) is 3.63. The number of fused-ring (bicyclic) bond motifs is 1. The van der Waals surface area contributed by atoms with E-state index in [1.165, 1.54) is 24.0 Å². The molecule has 0 saturated heterocycles. The Morgan fingerprint density at radius 3 is 2.89 bits per heavy atom. The molecule has 2 N–H and O–H groups in total. The highest BCUT2D eigenvalue weighted by Gasteiger charge is 2.15. The average Bonchev–Trinajstić information content (AvgIpc) is 2.45. The van der Waals surface area contributed by atoms with E-state index in [1.54, 1.807) is 0 Å². The number of carbonyl (C=O) groups is 1. The van der Waals surface area contributed by atoms with Crippen LogP contribution in [0.25, 0.3) is 0 Å². The molecule has 0 radical (unpaired) electrons. The van der Waals surface area contributed by atoms with Gasteiger partial charge < -0.3 is 10.6 Å². The zero-order chi connectivity index (χ0) is 13.7. The number of benzene rings is 1. The summed E-state index contributed by atoms with van der Waals surface area (Å²) in [4.78, 5) is 11.9. The standard InChI is InChI=1S/C15H21ClN2O/c1-2-12(10-16)17-15(19)18-14-9-5-7-11-6-3-4-8-13(11)14/h5,7,9,12H,2-4,6,8,10H2,1H3,(H2,17,18,19)/t12-/m1/s1. The van der Waals surface area contributed by atoms with Crippen LogP contribution in [0.4, 0.5) is 10.5 Å². The van der Waals surface area contributed by atoms with Crippen molar-refractivity contribution < 1.29 is 4.79 Å². The van der Waals surface area contributed by atoms with Gasteiger partial charge in [0, 0.05) is 17.6 Å². The number of aryl methyl sites for hydroxylation is 1. The van der Waals surface area contributed by atoms with Crippen LogP contribution in [-0.4, -0.2) is 18.0 Å². The van der Waals surface area contributed by atoms with Crippen LogP contribution in [0.15, 0.2) is 18.2 Å². The lowest BCUT2D eigenvalue weighted by Crippen LogP contribution is -2.38. The fraction of sp³-hybridized carbons (Fsp3) is 0.533. The van der Waals surface area contributed by atoms with Crippen LogP contribution in [0.1, 0.15) is 37.3 Å². The van der Waals surface area contributed by atoms with Crippen molar-refractivity contribution in [3.63, 3.8) is 0 Å². The van der Waals surface area contributed by atoms with E-state index < -0.39 is 0 Å². The highest BCUT2D eigenvalue weighted by molar-refractivity contribution is 6.18. The van der Waals surface area contributed by atoms with E-state index in [0.717, 1.165) is 24.9 Å². The molecule has 0 aliphatic heterocycles. The van der Waals surface area contributed by atoms with Gasteiger partial charge in [0.2, 0.25) is 0 Å². The Hall–Kier alpha value is -1.22. The minimum atomic E-state index is -0.161. The monoisotopic (exact) mass is 280 g/mol. The third-order valence-corrected chi connectivity index (χ3v) is 4.03. The van der Waals surface area contributed by atoms with Crippen LogP contribution in [0.3, 0.4) is 0 Å². The van der Waals surface area contributed by atoms with Crippen LogP contribution in [0.5, 0.6) is 0 Å². The summed E-state index contributed by atoms with van der Waals surface area (Å²) in [6, 6.07) is 6.02. The van der Waals surface area contributed by atoms with Gasteiger partial charge in [0.1, 0.15) is 0 Å². The predicted molar refractivity (Wildman–Crippen MR) is 80.0 cm³/mol. The SMILES string of the molecule is CC[C@H](CCl)NC(=O)Nc1cccc2c1CCCC2. The molecule has 3 nitrogen and oxygen atoms in total. The maximum absolute atomic E-state index is 11.9. The van der Waals surface area contributed by atoms with Gasteiger partial charge in [-0.2, -0.15) is 0 Å². The van der Waals surface area contributed by atoms with Crippen molar-refractivity contribution in [2.45, 2.75) is 45.1 Å². The summed E-state index contributed by atoms with van der Waals surface area (Å²) in [5.41, 5.74) is 3.61. The first kappa shape index (κ1) is 14.2. The van der Waals surface area contributed by atoms with Crippen LogP contribution in [0.2, 0.25) is 0 Å². The maximum atomic E-state index is 11.9. The van der Waals surface area contributed by atoms with Crippen LogP contribution in [0, 0.1) is 0 Å². The number of halogens is 1. The molecular formula is C15H21ClN2O. The number of nitrogens with one attached hydrogen (secondary N) is 2. The van der Waals surface area contributed by atoms with Crippen molar-refractivity contribution in [3.05, 3.63) is 29.3 Å². The van der Waals surface area contributed by atoms with Crippen molar-refractivity contribution in [2.24, 2.45) is 0 Å². The van der Waals surface area contributed by atoms with Gasteiger partial charge in [0.15, 0.2) is 0 Å². The van der Waals surface area contributed by atoms with Gasteiger partial charge in [0.05, 0.1) is 0 Å². The molecule has 1 aliphatic rings. The Labute approximate surface area is 119 Å². The second-order valence-corrected chi connectivity index (χ2v) is 5.32. The molecule has 19 heavy (non-hydrogen) atoms. The quantitative estimate of drug-likeness (QED) is 0.811. The Balaban J connectivity index is 2.05. The number of anilines is 1. The zero-order valence-electron chi connectivity index (χ0n) is 11.3. The number of rotatable bonds is 4. The normalized spacial score (nSPS) is 15.5. The number of carbonyl (C=O) groups excluding carboxylic acids is 1. The third-order valence-electron chi connectivity index (χ3n) is 3.66. The molecule has 0 saturated carbocycles. The van der Waals surface area contributed by atoms with Gasteiger partial charge in [-0.1, -0.05) is 19.1 Å². The predicted octanol–water partition coefficient (Wildman–Crippen LogP) is 3.70. The van der Waals surface area contributed by atoms with Crippen LogP contribution in [-0.2, 0) is 12.8 Å². The minimum absolute atomic E-state index is 0.0289. The van der Waals surface area contributed by atoms with E-state index in [9.17, 15) is 4.79 Å². The van der Waals surface area contributed by atoms with E-state index >= 15 is 0 Å². The van der Waals surface area contributed by atoms with Gasteiger partial charge in [0.25, 0.3) is 0 Å². The first-order valence-electron chi connectivity index (χ1n) is 6.98. The largest absolute Gasteiger partial charge is 0.334 e. The topological polar surface area (TPSA) is 41.1 Å². The van der Waals surface area contributed by atoms with Crippen molar-refractivity contribution in [3.8, 4) is 0 Å². The van der Waals surface area contributed by atoms with Gasteiger partial charge in [-0.05, 0) is 49.3 Å². The second-order valence-electron chi connectivity index (χ2n) is 5.01. The van der Waals surface area contributed by atoms with E-state index in [0.29, 0.717) is 5.88 Å². The fourth-order valence-corrected chi connectivity index (χ4v) is 2.79. The van der Waals surface area contributed by atoms with E-state index in [1.807, 2.05) is 19.1 Å². The summed E-state index contributed by atoms with van der Waals surface area (Å²) in [7, 11) is 0. The van der Waals surface area contributed by atoms with Gasteiger partial charge in [-0.15, -0.1) is 11.6 Å². The highest BCUT2D eigenvalue weighted by atomic mass is 35.5. The molecule has 1 aliphatic carbocycles. The van der Waals surface area contributed by atoms with Gasteiger partial charge in [-0.25, -0.2) is 4.79 Å². The average molecular weight is 281 g/mol.